The molecule has 0 aliphatic carbocycles. The summed E-state index contributed by atoms with van der Waals surface area (Å²) in [5.74, 6) is 0. The van der Waals surface area contributed by atoms with Crippen molar-refractivity contribution < 1.29 is 0 Å². The molecule has 0 aliphatic rings. The van der Waals surface area contributed by atoms with Crippen molar-refractivity contribution in [2.75, 3.05) is 13.6 Å². The number of likely N-dealkylation sites (N-methyl/N-ethyl adjacent to an activating group) is 1. The van der Waals surface area contributed by atoms with Crippen LogP contribution in [0.4, 0.5) is 0 Å². The molecule has 2 aromatic rings. The summed E-state index contributed by atoms with van der Waals surface area (Å²) in [6.07, 6.45) is 0.987. The van der Waals surface area contributed by atoms with Gasteiger partial charge >= 0.3 is 0 Å². The molecule has 3 heteroatoms. The van der Waals surface area contributed by atoms with Crippen LogP contribution in [0.1, 0.15) is 16.8 Å². The molecule has 17 heavy (non-hydrogen) atoms. The number of rotatable bonds is 4. The molecule has 0 radical (unpaired) electrons. The quantitative estimate of drug-likeness (QED) is 0.845. The van der Waals surface area contributed by atoms with Crippen LogP contribution in [0.3, 0.4) is 0 Å². The van der Waals surface area contributed by atoms with Gasteiger partial charge in [0.1, 0.15) is 0 Å². The van der Waals surface area contributed by atoms with Crippen LogP contribution in [-0.4, -0.2) is 23.8 Å². The summed E-state index contributed by atoms with van der Waals surface area (Å²) in [6, 6.07) is 8.36. The van der Waals surface area contributed by atoms with Gasteiger partial charge in [-0.2, -0.15) is 5.10 Å². The van der Waals surface area contributed by atoms with Crippen molar-refractivity contribution >= 4 is 0 Å². The van der Waals surface area contributed by atoms with E-state index >= 15 is 0 Å². The number of aromatic amines is 1. The van der Waals surface area contributed by atoms with Crippen LogP contribution in [0.15, 0.2) is 24.3 Å². The van der Waals surface area contributed by atoms with E-state index in [1.165, 1.54) is 22.4 Å². The number of nitrogens with one attached hydrogen (secondary N) is 2. The van der Waals surface area contributed by atoms with Crippen LogP contribution >= 0.6 is 0 Å². The normalized spacial score (nSPS) is 10.8. The Labute approximate surface area is 102 Å². The molecule has 0 spiro atoms. The molecule has 0 bridgehead atoms. The summed E-state index contributed by atoms with van der Waals surface area (Å²) in [4.78, 5) is 0. The predicted octanol–water partition coefficient (Wildman–Crippen LogP) is 2.46. The Morgan fingerprint density at radius 1 is 1.24 bits per heavy atom. The summed E-state index contributed by atoms with van der Waals surface area (Å²) in [7, 11) is 1.97. The topological polar surface area (TPSA) is 40.7 Å². The molecule has 1 aromatic heterocycles. The summed E-state index contributed by atoms with van der Waals surface area (Å²) in [6.45, 7) is 5.23. The van der Waals surface area contributed by atoms with Crippen molar-refractivity contribution in [1.82, 2.24) is 15.5 Å². The van der Waals surface area contributed by atoms with E-state index in [2.05, 4.69) is 53.6 Å². The highest BCUT2D eigenvalue weighted by atomic mass is 15.1. The lowest BCUT2D eigenvalue weighted by atomic mass is 10.0. The highest BCUT2D eigenvalue weighted by Gasteiger charge is 2.11. The maximum atomic E-state index is 4.45. The van der Waals surface area contributed by atoms with Gasteiger partial charge in [0.25, 0.3) is 0 Å². The zero-order valence-electron chi connectivity index (χ0n) is 10.7. The summed E-state index contributed by atoms with van der Waals surface area (Å²) in [5.41, 5.74) is 6.04. The molecule has 0 saturated carbocycles. The van der Waals surface area contributed by atoms with E-state index in [1.54, 1.807) is 0 Å². The summed E-state index contributed by atoms with van der Waals surface area (Å²) < 4.78 is 0. The number of aryl methyl sites for hydroxylation is 1. The second kappa shape index (κ2) is 5.15. The maximum Gasteiger partial charge on any atom is 0.0955 e. The predicted molar refractivity (Wildman–Crippen MR) is 71.1 cm³/mol. The Morgan fingerprint density at radius 3 is 2.71 bits per heavy atom. The molecule has 0 amide bonds. The number of hydrogen-bond acceptors (Lipinski definition) is 2. The van der Waals surface area contributed by atoms with E-state index in [1.807, 2.05) is 7.05 Å². The van der Waals surface area contributed by atoms with Gasteiger partial charge in [0.15, 0.2) is 0 Å². The molecule has 2 rings (SSSR count). The third kappa shape index (κ3) is 2.39. The maximum absolute atomic E-state index is 4.45. The van der Waals surface area contributed by atoms with Gasteiger partial charge in [-0.05, 0) is 32.0 Å². The lowest BCUT2D eigenvalue weighted by molar-refractivity contribution is 0.769. The molecule has 1 aromatic carbocycles. The van der Waals surface area contributed by atoms with E-state index in [0.717, 1.165) is 18.7 Å². The van der Waals surface area contributed by atoms with Crippen molar-refractivity contribution in [3.63, 3.8) is 0 Å². The van der Waals surface area contributed by atoms with Gasteiger partial charge in [-0.25, -0.2) is 0 Å². The van der Waals surface area contributed by atoms with Gasteiger partial charge in [-0.3, -0.25) is 5.10 Å². The largest absolute Gasteiger partial charge is 0.319 e. The van der Waals surface area contributed by atoms with E-state index in [0.29, 0.717) is 0 Å². The number of hydrogen-bond donors (Lipinski definition) is 2. The highest BCUT2D eigenvalue weighted by molar-refractivity contribution is 5.67. The number of H-pyrrole nitrogens is 1. The zero-order chi connectivity index (χ0) is 12.3. The van der Waals surface area contributed by atoms with E-state index in [9.17, 15) is 0 Å². The Bertz CT molecular complexity index is 500. The minimum Gasteiger partial charge on any atom is -0.319 e. The van der Waals surface area contributed by atoms with E-state index in [-0.39, 0.29) is 0 Å². The number of nitrogens with zero attached hydrogens (tertiary/aromatic N) is 1. The van der Waals surface area contributed by atoms with Crippen LogP contribution in [0, 0.1) is 13.8 Å². The van der Waals surface area contributed by atoms with Crippen molar-refractivity contribution in [2.45, 2.75) is 20.3 Å². The molecule has 90 valence electrons. The lowest BCUT2D eigenvalue weighted by Gasteiger charge is -2.03. The first-order chi connectivity index (χ1) is 8.24. The van der Waals surface area contributed by atoms with Crippen molar-refractivity contribution in [1.29, 1.82) is 0 Å². The first kappa shape index (κ1) is 11.9. The third-order valence-corrected chi connectivity index (χ3v) is 3.14. The Morgan fingerprint density at radius 2 is 2.00 bits per heavy atom. The summed E-state index contributed by atoms with van der Waals surface area (Å²) >= 11 is 0. The molecule has 1 heterocycles. The average Bonchev–Trinajstić information content (AvgIpc) is 2.69. The average molecular weight is 229 g/mol. The fourth-order valence-corrected chi connectivity index (χ4v) is 2.03. The van der Waals surface area contributed by atoms with Crippen molar-refractivity contribution in [3.05, 3.63) is 41.1 Å². The minimum atomic E-state index is 0.968. The van der Waals surface area contributed by atoms with Crippen molar-refractivity contribution in [3.8, 4) is 11.3 Å². The van der Waals surface area contributed by atoms with Gasteiger partial charge in [-0.15, -0.1) is 0 Å². The molecule has 0 aliphatic heterocycles. The van der Waals surface area contributed by atoms with Crippen molar-refractivity contribution in [2.24, 2.45) is 0 Å². The molecule has 0 saturated heterocycles. The SMILES string of the molecule is CNCCc1[nH]nc(-c2ccccc2C)c1C. The fourth-order valence-electron chi connectivity index (χ4n) is 2.03. The molecule has 0 atom stereocenters. The third-order valence-electron chi connectivity index (χ3n) is 3.14. The van der Waals surface area contributed by atoms with Gasteiger partial charge in [-0.1, -0.05) is 24.3 Å². The number of benzene rings is 1. The molecule has 0 unspecified atom stereocenters. The van der Waals surface area contributed by atoms with Crippen LogP contribution in [-0.2, 0) is 6.42 Å². The Balaban J connectivity index is 2.34. The molecule has 3 nitrogen and oxygen atoms in total. The second-order valence-corrected chi connectivity index (χ2v) is 4.34. The highest BCUT2D eigenvalue weighted by Crippen LogP contribution is 2.25. The van der Waals surface area contributed by atoms with Crippen LogP contribution in [0.2, 0.25) is 0 Å². The van der Waals surface area contributed by atoms with E-state index < -0.39 is 0 Å². The molecular weight excluding hydrogens is 210 g/mol. The first-order valence-corrected chi connectivity index (χ1v) is 5.98. The van der Waals surface area contributed by atoms with E-state index in [4.69, 9.17) is 0 Å². The molecule has 0 fully saturated rings. The molecular formula is C14H19N3. The fraction of sp³-hybridized carbons (Fsp3) is 0.357. The zero-order valence-corrected chi connectivity index (χ0v) is 10.7. The van der Waals surface area contributed by atoms with Gasteiger partial charge in [0, 0.05) is 24.2 Å². The Hall–Kier alpha value is -1.61. The standard InChI is InChI=1S/C14H19N3/c1-10-6-4-5-7-12(10)14-11(2)13(16-17-14)8-9-15-3/h4-7,15H,8-9H2,1-3H3,(H,16,17). The smallest absolute Gasteiger partial charge is 0.0955 e. The van der Waals surface area contributed by atoms with Gasteiger partial charge in [0.2, 0.25) is 0 Å². The van der Waals surface area contributed by atoms with Crippen LogP contribution < -0.4 is 5.32 Å². The number of aromatic nitrogens is 2. The van der Waals surface area contributed by atoms with Crippen LogP contribution in [0.5, 0.6) is 0 Å². The monoisotopic (exact) mass is 229 g/mol. The van der Waals surface area contributed by atoms with Gasteiger partial charge < -0.3 is 5.32 Å². The lowest BCUT2D eigenvalue weighted by Crippen LogP contribution is -2.11. The summed E-state index contributed by atoms with van der Waals surface area (Å²) in [5, 5.41) is 10.7. The first-order valence-electron chi connectivity index (χ1n) is 5.98. The Kier molecular flexibility index (Phi) is 3.59. The molecule has 2 N–H and O–H groups in total. The van der Waals surface area contributed by atoms with Gasteiger partial charge in [0.05, 0.1) is 5.69 Å². The second-order valence-electron chi connectivity index (χ2n) is 4.34. The van der Waals surface area contributed by atoms with Crippen LogP contribution in [0.25, 0.3) is 11.3 Å². The minimum absolute atomic E-state index is 0.968.